The highest BCUT2D eigenvalue weighted by Gasteiger charge is 2.06. The zero-order valence-electron chi connectivity index (χ0n) is 7.83. The van der Waals surface area contributed by atoms with Gasteiger partial charge < -0.3 is 5.32 Å². The predicted molar refractivity (Wildman–Crippen MR) is 48.9 cm³/mol. The minimum atomic E-state index is 0.353. The molecule has 0 aromatic carbocycles. The van der Waals surface area contributed by atoms with Crippen molar-refractivity contribution in [2.24, 2.45) is 0 Å². The van der Waals surface area contributed by atoms with Gasteiger partial charge >= 0.3 is 0 Å². The van der Waals surface area contributed by atoms with Crippen LogP contribution in [-0.4, -0.2) is 17.0 Å². The second kappa shape index (κ2) is 4.16. The van der Waals surface area contributed by atoms with E-state index in [2.05, 4.69) is 22.2 Å². The minimum absolute atomic E-state index is 0.353. The fourth-order valence-corrected chi connectivity index (χ4v) is 1.23. The topological polar surface area (TPSA) is 37.8 Å². The van der Waals surface area contributed by atoms with Crippen LogP contribution in [0.1, 0.15) is 30.9 Å². The number of aryl methyl sites for hydroxylation is 1. The number of aromatic nitrogens is 2. The Labute approximate surface area is 73.2 Å². The van der Waals surface area contributed by atoms with Gasteiger partial charge in [-0.3, -0.25) is 0 Å². The van der Waals surface area contributed by atoms with E-state index in [1.54, 1.807) is 6.20 Å². The van der Waals surface area contributed by atoms with Gasteiger partial charge in [-0.25, -0.2) is 9.97 Å². The highest BCUT2D eigenvalue weighted by atomic mass is 14.9. The standard InChI is InChI=1S/C9H15N3/c1-4-8(10-3)9-5-6-11-7(2)12-9/h5-6,8,10H,4H2,1-3H3. The van der Waals surface area contributed by atoms with Crippen molar-refractivity contribution in [2.45, 2.75) is 26.3 Å². The molecule has 0 aliphatic heterocycles. The maximum Gasteiger partial charge on any atom is 0.125 e. The van der Waals surface area contributed by atoms with Gasteiger partial charge in [-0.15, -0.1) is 0 Å². The van der Waals surface area contributed by atoms with Crippen molar-refractivity contribution in [1.82, 2.24) is 15.3 Å². The first-order chi connectivity index (χ1) is 5.77. The average Bonchev–Trinajstić information content (AvgIpc) is 2.07. The highest BCUT2D eigenvalue weighted by Crippen LogP contribution is 2.11. The summed E-state index contributed by atoms with van der Waals surface area (Å²) in [6, 6.07) is 2.31. The summed E-state index contributed by atoms with van der Waals surface area (Å²) < 4.78 is 0. The molecule has 1 atom stereocenters. The smallest absolute Gasteiger partial charge is 0.125 e. The molecule has 0 aliphatic carbocycles. The van der Waals surface area contributed by atoms with Crippen molar-refractivity contribution in [1.29, 1.82) is 0 Å². The fraction of sp³-hybridized carbons (Fsp3) is 0.556. The molecule has 0 saturated heterocycles. The zero-order chi connectivity index (χ0) is 8.97. The molecule has 1 rings (SSSR count). The van der Waals surface area contributed by atoms with Crippen molar-refractivity contribution in [3.05, 3.63) is 23.8 Å². The zero-order valence-corrected chi connectivity index (χ0v) is 7.83. The maximum atomic E-state index is 4.34. The van der Waals surface area contributed by atoms with Crippen molar-refractivity contribution in [2.75, 3.05) is 7.05 Å². The molecule has 0 amide bonds. The van der Waals surface area contributed by atoms with Crippen molar-refractivity contribution in [3.8, 4) is 0 Å². The van der Waals surface area contributed by atoms with E-state index >= 15 is 0 Å². The first-order valence-electron chi connectivity index (χ1n) is 4.24. The van der Waals surface area contributed by atoms with Crippen LogP contribution in [0.4, 0.5) is 0 Å². The molecule has 0 spiro atoms. The van der Waals surface area contributed by atoms with Crippen LogP contribution in [0, 0.1) is 6.92 Å². The second-order valence-electron chi connectivity index (χ2n) is 2.78. The molecule has 0 radical (unpaired) electrons. The summed E-state index contributed by atoms with van der Waals surface area (Å²) >= 11 is 0. The lowest BCUT2D eigenvalue weighted by Crippen LogP contribution is -2.17. The quantitative estimate of drug-likeness (QED) is 0.736. The Balaban J connectivity index is 2.85. The molecule has 3 nitrogen and oxygen atoms in total. The lowest BCUT2D eigenvalue weighted by Gasteiger charge is -2.12. The van der Waals surface area contributed by atoms with Gasteiger partial charge in [-0.2, -0.15) is 0 Å². The Morgan fingerprint density at radius 3 is 2.83 bits per heavy atom. The number of hydrogen-bond donors (Lipinski definition) is 1. The van der Waals surface area contributed by atoms with Crippen LogP contribution in [0.3, 0.4) is 0 Å². The molecule has 12 heavy (non-hydrogen) atoms. The van der Waals surface area contributed by atoms with Crippen LogP contribution in [0.15, 0.2) is 12.3 Å². The third kappa shape index (κ3) is 2.01. The van der Waals surface area contributed by atoms with Gasteiger partial charge in [-0.1, -0.05) is 6.92 Å². The molecular weight excluding hydrogens is 150 g/mol. The van der Waals surface area contributed by atoms with Crippen LogP contribution in [-0.2, 0) is 0 Å². The Hall–Kier alpha value is -0.960. The van der Waals surface area contributed by atoms with Crippen molar-refractivity contribution >= 4 is 0 Å². The Morgan fingerprint density at radius 2 is 2.33 bits per heavy atom. The largest absolute Gasteiger partial charge is 0.312 e. The summed E-state index contributed by atoms with van der Waals surface area (Å²) in [5.74, 6) is 0.834. The number of nitrogens with zero attached hydrogens (tertiary/aromatic N) is 2. The molecule has 1 N–H and O–H groups in total. The van der Waals surface area contributed by atoms with E-state index in [0.717, 1.165) is 17.9 Å². The van der Waals surface area contributed by atoms with Gasteiger partial charge in [-0.05, 0) is 26.5 Å². The summed E-state index contributed by atoms with van der Waals surface area (Å²) in [5, 5.41) is 3.20. The summed E-state index contributed by atoms with van der Waals surface area (Å²) in [7, 11) is 1.95. The average molecular weight is 165 g/mol. The van der Waals surface area contributed by atoms with Crippen LogP contribution < -0.4 is 5.32 Å². The van der Waals surface area contributed by atoms with E-state index < -0.39 is 0 Å². The maximum absolute atomic E-state index is 4.34. The highest BCUT2D eigenvalue weighted by molar-refractivity contribution is 5.06. The lowest BCUT2D eigenvalue weighted by molar-refractivity contribution is 0.558. The Morgan fingerprint density at radius 1 is 1.58 bits per heavy atom. The molecule has 3 heteroatoms. The Kier molecular flexibility index (Phi) is 3.17. The first kappa shape index (κ1) is 9.13. The Bertz CT molecular complexity index is 243. The molecule has 0 bridgehead atoms. The normalized spacial score (nSPS) is 12.9. The lowest BCUT2D eigenvalue weighted by atomic mass is 10.1. The van der Waals surface area contributed by atoms with Crippen LogP contribution in [0.2, 0.25) is 0 Å². The van der Waals surface area contributed by atoms with E-state index in [-0.39, 0.29) is 0 Å². The van der Waals surface area contributed by atoms with Gasteiger partial charge in [0.25, 0.3) is 0 Å². The van der Waals surface area contributed by atoms with Gasteiger partial charge in [0.05, 0.1) is 5.69 Å². The molecule has 66 valence electrons. The molecule has 1 heterocycles. The number of hydrogen-bond acceptors (Lipinski definition) is 3. The van der Waals surface area contributed by atoms with Crippen LogP contribution in [0.25, 0.3) is 0 Å². The molecule has 0 saturated carbocycles. The molecule has 1 aromatic rings. The first-order valence-corrected chi connectivity index (χ1v) is 4.24. The van der Waals surface area contributed by atoms with E-state index in [1.807, 2.05) is 20.0 Å². The number of rotatable bonds is 3. The van der Waals surface area contributed by atoms with Gasteiger partial charge in [0.2, 0.25) is 0 Å². The minimum Gasteiger partial charge on any atom is -0.312 e. The molecular formula is C9H15N3. The predicted octanol–water partition coefficient (Wildman–Crippen LogP) is 1.46. The molecule has 0 fully saturated rings. The van der Waals surface area contributed by atoms with E-state index in [9.17, 15) is 0 Å². The van der Waals surface area contributed by atoms with Crippen molar-refractivity contribution < 1.29 is 0 Å². The second-order valence-corrected chi connectivity index (χ2v) is 2.78. The monoisotopic (exact) mass is 165 g/mol. The van der Waals surface area contributed by atoms with Gasteiger partial charge in [0.1, 0.15) is 5.82 Å². The summed E-state index contributed by atoms with van der Waals surface area (Å²) in [6.07, 6.45) is 2.85. The molecule has 1 aromatic heterocycles. The van der Waals surface area contributed by atoms with E-state index in [1.165, 1.54) is 0 Å². The summed E-state index contributed by atoms with van der Waals surface area (Å²) in [6.45, 7) is 4.05. The molecule has 0 aliphatic rings. The van der Waals surface area contributed by atoms with E-state index in [0.29, 0.717) is 6.04 Å². The van der Waals surface area contributed by atoms with Crippen LogP contribution >= 0.6 is 0 Å². The summed E-state index contributed by atoms with van der Waals surface area (Å²) in [5.41, 5.74) is 1.08. The van der Waals surface area contributed by atoms with Gasteiger partial charge in [0.15, 0.2) is 0 Å². The number of nitrogens with one attached hydrogen (secondary N) is 1. The molecule has 1 unspecified atom stereocenters. The SMILES string of the molecule is CCC(NC)c1ccnc(C)n1. The third-order valence-electron chi connectivity index (χ3n) is 1.91. The summed E-state index contributed by atoms with van der Waals surface area (Å²) in [4.78, 5) is 8.39. The third-order valence-corrected chi connectivity index (χ3v) is 1.91. The van der Waals surface area contributed by atoms with E-state index in [4.69, 9.17) is 0 Å². The van der Waals surface area contributed by atoms with Crippen LogP contribution in [0.5, 0.6) is 0 Å². The van der Waals surface area contributed by atoms with Crippen molar-refractivity contribution in [3.63, 3.8) is 0 Å². The van der Waals surface area contributed by atoms with Gasteiger partial charge in [0, 0.05) is 12.2 Å². The fourth-order valence-electron chi connectivity index (χ4n) is 1.23.